The third-order valence-electron chi connectivity index (χ3n) is 3.89. The summed E-state index contributed by atoms with van der Waals surface area (Å²) in [7, 11) is 0. The van der Waals surface area contributed by atoms with Gasteiger partial charge >= 0.3 is 0 Å². The number of nitrogens with one attached hydrogen (secondary N) is 2. The predicted octanol–water partition coefficient (Wildman–Crippen LogP) is 3.52. The van der Waals surface area contributed by atoms with Crippen LogP contribution in [0.3, 0.4) is 0 Å². The van der Waals surface area contributed by atoms with Gasteiger partial charge in [-0.1, -0.05) is 19.8 Å². The second-order valence-electron chi connectivity index (χ2n) is 5.88. The van der Waals surface area contributed by atoms with Gasteiger partial charge in [-0.15, -0.1) is 0 Å². The van der Waals surface area contributed by atoms with Crippen molar-refractivity contribution in [1.29, 1.82) is 0 Å². The maximum Gasteiger partial charge on any atom is 0.269 e. The molecule has 2 N–H and O–H groups in total. The van der Waals surface area contributed by atoms with Crippen molar-refractivity contribution in [3.63, 3.8) is 0 Å². The Balaban J connectivity index is 1.58. The standard InChI is InChI=1S/C19H23N3O3/c1-2-3-4-9-20-19(23)16-7-5-15(13-21-16)22-14-6-8-17-18(12-14)25-11-10-24-17/h5-8,12-13,22H,2-4,9-11H2,1H3,(H,20,23). The van der Waals surface area contributed by atoms with Crippen molar-refractivity contribution in [2.75, 3.05) is 25.1 Å². The molecule has 0 radical (unpaired) electrons. The first kappa shape index (κ1) is 17.1. The molecule has 0 unspecified atom stereocenters. The Morgan fingerprint density at radius 2 is 1.88 bits per heavy atom. The second kappa shape index (κ2) is 8.37. The van der Waals surface area contributed by atoms with E-state index in [1.54, 1.807) is 12.3 Å². The highest BCUT2D eigenvalue weighted by Crippen LogP contribution is 2.33. The van der Waals surface area contributed by atoms with Gasteiger partial charge in [-0.3, -0.25) is 4.79 Å². The van der Waals surface area contributed by atoms with Crippen molar-refractivity contribution >= 4 is 17.3 Å². The lowest BCUT2D eigenvalue weighted by Crippen LogP contribution is -2.25. The molecule has 1 aliphatic heterocycles. The highest BCUT2D eigenvalue weighted by Gasteiger charge is 2.12. The molecule has 0 bridgehead atoms. The number of amides is 1. The molecule has 0 saturated carbocycles. The van der Waals surface area contributed by atoms with Crippen molar-refractivity contribution in [3.05, 3.63) is 42.2 Å². The number of aromatic nitrogens is 1. The van der Waals surface area contributed by atoms with Crippen molar-refractivity contribution in [2.24, 2.45) is 0 Å². The smallest absolute Gasteiger partial charge is 0.269 e. The molecule has 0 fully saturated rings. The van der Waals surface area contributed by atoms with E-state index in [1.165, 1.54) is 0 Å². The highest BCUT2D eigenvalue weighted by molar-refractivity contribution is 5.92. The Kier molecular flexibility index (Phi) is 5.72. The second-order valence-corrected chi connectivity index (χ2v) is 5.88. The van der Waals surface area contributed by atoms with Gasteiger partial charge in [-0.25, -0.2) is 4.98 Å². The largest absolute Gasteiger partial charge is 0.486 e. The third-order valence-corrected chi connectivity index (χ3v) is 3.89. The molecule has 6 nitrogen and oxygen atoms in total. The van der Waals surface area contributed by atoms with Gasteiger partial charge in [0.2, 0.25) is 0 Å². The molecule has 0 spiro atoms. The summed E-state index contributed by atoms with van der Waals surface area (Å²) in [6.45, 7) is 3.95. The molecule has 1 aromatic carbocycles. The van der Waals surface area contributed by atoms with Gasteiger partial charge < -0.3 is 20.1 Å². The summed E-state index contributed by atoms with van der Waals surface area (Å²) in [5, 5.41) is 6.14. The van der Waals surface area contributed by atoms with Gasteiger partial charge in [-0.2, -0.15) is 0 Å². The summed E-state index contributed by atoms with van der Waals surface area (Å²) in [5.74, 6) is 1.35. The number of anilines is 2. The van der Waals surface area contributed by atoms with Crippen LogP contribution < -0.4 is 20.1 Å². The third kappa shape index (κ3) is 4.62. The summed E-state index contributed by atoms with van der Waals surface area (Å²) in [6.07, 6.45) is 4.89. The van der Waals surface area contributed by atoms with Crippen LogP contribution in [0.15, 0.2) is 36.5 Å². The lowest BCUT2D eigenvalue weighted by atomic mass is 10.2. The Labute approximate surface area is 147 Å². The number of hydrogen-bond acceptors (Lipinski definition) is 5. The molecule has 1 aromatic heterocycles. The lowest BCUT2D eigenvalue weighted by Gasteiger charge is -2.19. The van der Waals surface area contributed by atoms with Crippen LogP contribution in [-0.4, -0.2) is 30.6 Å². The molecular formula is C19H23N3O3. The van der Waals surface area contributed by atoms with Gasteiger partial charge in [0.05, 0.1) is 11.9 Å². The predicted molar refractivity (Wildman–Crippen MR) is 96.8 cm³/mol. The van der Waals surface area contributed by atoms with E-state index in [2.05, 4.69) is 22.5 Å². The maximum absolute atomic E-state index is 12.0. The SMILES string of the molecule is CCCCCNC(=O)c1ccc(Nc2ccc3c(c2)OCCO3)cn1. The average Bonchev–Trinajstić information content (AvgIpc) is 2.65. The van der Waals surface area contributed by atoms with Gasteiger partial charge in [0.25, 0.3) is 5.91 Å². The molecule has 132 valence electrons. The highest BCUT2D eigenvalue weighted by atomic mass is 16.6. The number of benzene rings is 1. The van der Waals surface area contributed by atoms with E-state index in [1.807, 2.05) is 24.3 Å². The number of hydrogen-bond donors (Lipinski definition) is 2. The van der Waals surface area contributed by atoms with E-state index >= 15 is 0 Å². The first-order chi connectivity index (χ1) is 12.3. The van der Waals surface area contributed by atoms with Gasteiger partial charge in [0.15, 0.2) is 11.5 Å². The summed E-state index contributed by atoms with van der Waals surface area (Å²) >= 11 is 0. The van der Waals surface area contributed by atoms with Crippen LogP contribution >= 0.6 is 0 Å². The number of unbranched alkanes of at least 4 members (excludes halogenated alkanes) is 2. The Morgan fingerprint density at radius 1 is 1.08 bits per heavy atom. The minimum Gasteiger partial charge on any atom is -0.486 e. The molecule has 2 aromatic rings. The number of carbonyl (C=O) groups excluding carboxylic acids is 1. The quantitative estimate of drug-likeness (QED) is 0.754. The molecule has 3 rings (SSSR count). The van der Waals surface area contributed by atoms with Crippen LogP contribution in [0.1, 0.15) is 36.7 Å². The fraction of sp³-hybridized carbons (Fsp3) is 0.368. The molecule has 6 heteroatoms. The van der Waals surface area contributed by atoms with E-state index in [-0.39, 0.29) is 5.91 Å². The minimum atomic E-state index is -0.137. The molecule has 25 heavy (non-hydrogen) atoms. The Hall–Kier alpha value is -2.76. The first-order valence-electron chi connectivity index (χ1n) is 8.67. The van der Waals surface area contributed by atoms with E-state index in [0.29, 0.717) is 25.5 Å². The van der Waals surface area contributed by atoms with E-state index in [4.69, 9.17) is 9.47 Å². The molecule has 0 aliphatic carbocycles. The number of carbonyl (C=O) groups is 1. The zero-order valence-electron chi connectivity index (χ0n) is 14.4. The van der Waals surface area contributed by atoms with Crippen LogP contribution in [-0.2, 0) is 0 Å². The van der Waals surface area contributed by atoms with E-state index < -0.39 is 0 Å². The normalized spacial score (nSPS) is 12.5. The number of nitrogens with zero attached hydrogens (tertiary/aromatic N) is 1. The molecule has 2 heterocycles. The number of fused-ring (bicyclic) bond motifs is 1. The number of rotatable bonds is 7. The van der Waals surface area contributed by atoms with Crippen LogP contribution in [0.25, 0.3) is 0 Å². The Bertz CT molecular complexity index is 716. The summed E-state index contributed by atoms with van der Waals surface area (Å²) in [6, 6.07) is 9.24. The minimum absolute atomic E-state index is 0.137. The Morgan fingerprint density at radius 3 is 2.64 bits per heavy atom. The van der Waals surface area contributed by atoms with Crippen molar-refractivity contribution in [2.45, 2.75) is 26.2 Å². The first-order valence-corrected chi connectivity index (χ1v) is 8.67. The molecule has 1 amide bonds. The fourth-order valence-corrected chi connectivity index (χ4v) is 2.56. The zero-order chi connectivity index (χ0) is 17.5. The molecule has 1 aliphatic rings. The monoisotopic (exact) mass is 341 g/mol. The number of ether oxygens (including phenoxy) is 2. The molecular weight excluding hydrogens is 318 g/mol. The van der Waals surface area contributed by atoms with Gasteiger partial charge in [0, 0.05) is 18.3 Å². The van der Waals surface area contributed by atoms with E-state index in [9.17, 15) is 4.79 Å². The van der Waals surface area contributed by atoms with E-state index in [0.717, 1.165) is 42.1 Å². The van der Waals surface area contributed by atoms with Crippen LogP contribution in [0.5, 0.6) is 11.5 Å². The van der Waals surface area contributed by atoms with Crippen LogP contribution in [0.4, 0.5) is 11.4 Å². The zero-order valence-corrected chi connectivity index (χ0v) is 14.4. The lowest BCUT2D eigenvalue weighted by molar-refractivity contribution is 0.0948. The summed E-state index contributed by atoms with van der Waals surface area (Å²) in [5.41, 5.74) is 2.10. The van der Waals surface area contributed by atoms with Crippen molar-refractivity contribution in [3.8, 4) is 11.5 Å². The molecule has 0 atom stereocenters. The van der Waals surface area contributed by atoms with Gasteiger partial charge in [-0.05, 0) is 30.7 Å². The molecule has 0 saturated heterocycles. The fourth-order valence-electron chi connectivity index (χ4n) is 2.56. The summed E-state index contributed by atoms with van der Waals surface area (Å²) < 4.78 is 11.1. The van der Waals surface area contributed by atoms with Crippen molar-refractivity contribution < 1.29 is 14.3 Å². The van der Waals surface area contributed by atoms with Crippen LogP contribution in [0.2, 0.25) is 0 Å². The number of pyridine rings is 1. The topological polar surface area (TPSA) is 72.5 Å². The maximum atomic E-state index is 12.0. The van der Waals surface area contributed by atoms with Crippen molar-refractivity contribution in [1.82, 2.24) is 10.3 Å². The average molecular weight is 341 g/mol. The summed E-state index contributed by atoms with van der Waals surface area (Å²) in [4.78, 5) is 16.2. The van der Waals surface area contributed by atoms with Crippen LogP contribution in [0, 0.1) is 0 Å². The van der Waals surface area contributed by atoms with Gasteiger partial charge in [0.1, 0.15) is 18.9 Å².